The molecule has 0 amide bonds. The van der Waals surface area contributed by atoms with Crippen molar-refractivity contribution in [3.63, 3.8) is 0 Å². The third-order valence-corrected chi connectivity index (χ3v) is 5.22. The number of hydrogen-bond acceptors (Lipinski definition) is 6. The number of ether oxygens (including phenoxy) is 3. The summed E-state index contributed by atoms with van der Waals surface area (Å²) in [5.41, 5.74) is 1.51. The number of carbonyl (C=O) groups excluding carboxylic acids is 3. The van der Waals surface area contributed by atoms with Gasteiger partial charge in [0.15, 0.2) is 0 Å². The highest BCUT2D eigenvalue weighted by atomic mass is 16.5. The van der Waals surface area contributed by atoms with Gasteiger partial charge in [-0.3, -0.25) is 9.59 Å². The Morgan fingerprint density at radius 2 is 1.20 bits per heavy atom. The average Bonchev–Trinajstić information content (AvgIpc) is 2.76. The van der Waals surface area contributed by atoms with Crippen LogP contribution in [-0.4, -0.2) is 24.5 Å². The maximum atomic E-state index is 12.5. The first kappa shape index (κ1) is 21.6. The Bertz CT molecular complexity index is 877. The van der Waals surface area contributed by atoms with Gasteiger partial charge in [-0.25, -0.2) is 4.79 Å². The van der Waals surface area contributed by atoms with Gasteiger partial charge in [0.25, 0.3) is 0 Å². The summed E-state index contributed by atoms with van der Waals surface area (Å²) in [6, 6.07) is 13.6. The third-order valence-electron chi connectivity index (χ3n) is 5.22. The Kier molecular flexibility index (Phi) is 7.22. The lowest BCUT2D eigenvalue weighted by Gasteiger charge is -2.25. The van der Waals surface area contributed by atoms with Crippen molar-refractivity contribution in [2.75, 3.05) is 6.61 Å². The lowest BCUT2D eigenvalue weighted by atomic mass is 9.82. The summed E-state index contributed by atoms with van der Waals surface area (Å²) in [5.74, 6) is -0.514. The fourth-order valence-corrected chi connectivity index (χ4v) is 3.44. The number of aryl methyl sites for hydroxylation is 1. The van der Waals surface area contributed by atoms with E-state index in [9.17, 15) is 14.4 Å². The smallest absolute Gasteiger partial charge is 0.338 e. The van der Waals surface area contributed by atoms with Crippen LogP contribution in [0.3, 0.4) is 0 Å². The third kappa shape index (κ3) is 5.69. The monoisotopic (exact) mass is 410 g/mol. The molecule has 1 aliphatic rings. The Morgan fingerprint density at radius 1 is 0.767 bits per heavy atom. The quantitative estimate of drug-likeness (QED) is 0.516. The van der Waals surface area contributed by atoms with Gasteiger partial charge >= 0.3 is 17.9 Å². The van der Waals surface area contributed by atoms with Crippen LogP contribution < -0.4 is 9.47 Å². The number of carbonyl (C=O) groups is 3. The van der Waals surface area contributed by atoms with Crippen molar-refractivity contribution in [3.8, 4) is 11.5 Å². The van der Waals surface area contributed by atoms with Crippen LogP contribution in [0.4, 0.5) is 0 Å². The summed E-state index contributed by atoms with van der Waals surface area (Å²) in [4.78, 5) is 36.5. The molecule has 0 heterocycles. The molecule has 6 heteroatoms. The van der Waals surface area contributed by atoms with Gasteiger partial charge in [0.05, 0.1) is 24.0 Å². The second kappa shape index (κ2) is 10.1. The van der Waals surface area contributed by atoms with Crippen molar-refractivity contribution in [1.29, 1.82) is 0 Å². The molecular formula is C24H26O6. The lowest BCUT2D eigenvalue weighted by Crippen LogP contribution is -2.30. The van der Waals surface area contributed by atoms with Gasteiger partial charge in [0, 0.05) is 0 Å². The van der Waals surface area contributed by atoms with E-state index in [1.807, 2.05) is 19.1 Å². The minimum Gasteiger partial charge on any atom is -0.462 e. The maximum Gasteiger partial charge on any atom is 0.338 e. The minimum atomic E-state index is -0.411. The van der Waals surface area contributed by atoms with E-state index in [1.165, 1.54) is 0 Å². The van der Waals surface area contributed by atoms with Crippen LogP contribution in [0.2, 0.25) is 0 Å². The highest BCUT2D eigenvalue weighted by Crippen LogP contribution is 2.31. The molecule has 1 fully saturated rings. The first-order chi connectivity index (χ1) is 14.5. The van der Waals surface area contributed by atoms with Crippen LogP contribution in [0.5, 0.6) is 11.5 Å². The highest BCUT2D eigenvalue weighted by molar-refractivity contribution is 5.89. The molecule has 0 unspecified atom stereocenters. The first-order valence-corrected chi connectivity index (χ1v) is 10.2. The van der Waals surface area contributed by atoms with Gasteiger partial charge in [-0.1, -0.05) is 17.7 Å². The molecule has 30 heavy (non-hydrogen) atoms. The molecule has 0 radical (unpaired) electrons. The van der Waals surface area contributed by atoms with Gasteiger partial charge in [-0.15, -0.1) is 0 Å². The van der Waals surface area contributed by atoms with Crippen molar-refractivity contribution in [1.82, 2.24) is 0 Å². The minimum absolute atomic E-state index is 0.209. The van der Waals surface area contributed by atoms with E-state index >= 15 is 0 Å². The van der Waals surface area contributed by atoms with E-state index in [-0.39, 0.29) is 23.8 Å². The summed E-state index contributed by atoms with van der Waals surface area (Å²) in [6.45, 7) is 4.02. The van der Waals surface area contributed by atoms with Crippen LogP contribution in [0.1, 0.15) is 48.5 Å². The number of esters is 3. The standard InChI is InChI=1S/C24H26O6/c1-3-28-22(25)17-10-14-21(15-11-17)30-24(27)19-8-6-18(7-9-19)23(26)29-20-12-4-16(2)5-13-20/h4-5,10-15,18-19H,3,6-9H2,1-2H3. The van der Waals surface area contributed by atoms with Crippen molar-refractivity contribution in [2.24, 2.45) is 11.8 Å². The molecule has 158 valence electrons. The molecule has 0 aliphatic heterocycles. The molecule has 2 aromatic rings. The van der Waals surface area contributed by atoms with Crippen LogP contribution >= 0.6 is 0 Å². The zero-order valence-electron chi connectivity index (χ0n) is 17.3. The molecule has 1 aliphatic carbocycles. The van der Waals surface area contributed by atoms with Crippen molar-refractivity contribution in [2.45, 2.75) is 39.5 Å². The van der Waals surface area contributed by atoms with E-state index in [1.54, 1.807) is 43.3 Å². The van der Waals surface area contributed by atoms with Crippen molar-refractivity contribution >= 4 is 17.9 Å². The van der Waals surface area contributed by atoms with Gasteiger partial charge in [0.1, 0.15) is 11.5 Å². The first-order valence-electron chi connectivity index (χ1n) is 10.2. The Morgan fingerprint density at radius 3 is 1.63 bits per heavy atom. The SMILES string of the molecule is CCOC(=O)c1ccc(OC(=O)C2CCC(C(=O)Oc3ccc(C)cc3)CC2)cc1. The predicted molar refractivity (Wildman–Crippen MR) is 110 cm³/mol. The molecule has 1 saturated carbocycles. The van der Waals surface area contributed by atoms with Crippen molar-refractivity contribution < 1.29 is 28.6 Å². The van der Waals surface area contributed by atoms with Crippen LogP contribution in [-0.2, 0) is 14.3 Å². The number of hydrogen-bond donors (Lipinski definition) is 0. The zero-order valence-corrected chi connectivity index (χ0v) is 17.3. The second-order valence-electron chi connectivity index (χ2n) is 7.45. The van der Waals surface area contributed by atoms with Crippen LogP contribution in [0, 0.1) is 18.8 Å². The fourth-order valence-electron chi connectivity index (χ4n) is 3.44. The number of benzene rings is 2. The second-order valence-corrected chi connectivity index (χ2v) is 7.45. The molecule has 0 aromatic heterocycles. The summed E-state index contributed by atoms with van der Waals surface area (Å²) in [7, 11) is 0. The molecule has 0 atom stereocenters. The molecule has 0 spiro atoms. The van der Waals surface area contributed by atoms with E-state index in [0.717, 1.165) is 5.56 Å². The van der Waals surface area contributed by atoms with E-state index in [0.29, 0.717) is 49.4 Å². The average molecular weight is 410 g/mol. The van der Waals surface area contributed by atoms with Gasteiger partial charge in [-0.2, -0.15) is 0 Å². The summed E-state index contributed by atoms with van der Waals surface area (Å²) >= 11 is 0. The Balaban J connectivity index is 1.47. The molecule has 3 rings (SSSR count). The Hall–Kier alpha value is -3.15. The van der Waals surface area contributed by atoms with Crippen molar-refractivity contribution in [3.05, 3.63) is 59.7 Å². The normalized spacial score (nSPS) is 18.3. The summed E-state index contributed by atoms with van der Waals surface area (Å²) < 4.78 is 15.8. The van der Waals surface area contributed by atoms with Crippen LogP contribution in [0.15, 0.2) is 48.5 Å². The molecular weight excluding hydrogens is 384 g/mol. The van der Waals surface area contributed by atoms with E-state index < -0.39 is 5.97 Å². The predicted octanol–water partition coefficient (Wildman–Crippen LogP) is 4.49. The van der Waals surface area contributed by atoms with E-state index in [4.69, 9.17) is 14.2 Å². The van der Waals surface area contributed by atoms with E-state index in [2.05, 4.69) is 0 Å². The molecule has 0 N–H and O–H groups in total. The molecule has 2 aromatic carbocycles. The summed E-state index contributed by atoms with van der Waals surface area (Å²) in [6.07, 6.45) is 2.33. The maximum absolute atomic E-state index is 12.5. The van der Waals surface area contributed by atoms with Gasteiger partial charge in [0.2, 0.25) is 0 Å². The zero-order chi connectivity index (χ0) is 21.5. The topological polar surface area (TPSA) is 78.9 Å². The fraction of sp³-hybridized carbons (Fsp3) is 0.375. The molecule has 0 saturated heterocycles. The summed E-state index contributed by atoms with van der Waals surface area (Å²) in [5, 5.41) is 0. The largest absolute Gasteiger partial charge is 0.462 e. The van der Waals surface area contributed by atoms with Gasteiger partial charge in [-0.05, 0) is 75.9 Å². The Labute approximate surface area is 176 Å². The van der Waals surface area contributed by atoms with Crippen LogP contribution in [0.25, 0.3) is 0 Å². The number of rotatable bonds is 6. The lowest BCUT2D eigenvalue weighted by molar-refractivity contribution is -0.145. The molecule has 0 bridgehead atoms. The highest BCUT2D eigenvalue weighted by Gasteiger charge is 2.32. The molecule has 6 nitrogen and oxygen atoms in total. The van der Waals surface area contributed by atoms with Gasteiger partial charge < -0.3 is 14.2 Å².